The molecule has 2 spiro atoms. The molecule has 4 N–H and O–H groups in total. The van der Waals surface area contributed by atoms with Crippen molar-refractivity contribution < 1.29 is 9.90 Å². The normalized spacial score (nSPS) is 32.4. The maximum Gasteiger partial charge on any atom is 0.253 e. The minimum atomic E-state index is -0.419. The number of carbonyl (C=O) groups excluding carboxylic acids is 1. The van der Waals surface area contributed by atoms with Gasteiger partial charge in [-0.2, -0.15) is 0 Å². The third kappa shape index (κ3) is 3.98. The van der Waals surface area contributed by atoms with Gasteiger partial charge in [-0.05, 0) is 73.3 Å². The first-order chi connectivity index (χ1) is 22.1. The molecule has 0 saturated heterocycles. The van der Waals surface area contributed by atoms with Crippen molar-refractivity contribution in [3.05, 3.63) is 89.0 Å². The Morgan fingerprint density at radius 3 is 2.15 bits per heavy atom. The molecule has 2 fully saturated rings. The molecule has 6 nitrogen and oxygen atoms in total. The van der Waals surface area contributed by atoms with E-state index in [-0.39, 0.29) is 11.5 Å². The monoisotopic (exact) mass is 609 g/mol. The first-order valence-electron chi connectivity index (χ1n) is 17.0. The van der Waals surface area contributed by atoms with E-state index in [1.807, 2.05) is 12.1 Å². The van der Waals surface area contributed by atoms with Crippen LogP contribution in [0.4, 0.5) is 17.1 Å². The Kier molecular flexibility index (Phi) is 5.77. The van der Waals surface area contributed by atoms with Crippen LogP contribution in [-0.2, 0) is 4.79 Å². The molecular weight excluding hydrogens is 568 g/mol. The summed E-state index contributed by atoms with van der Waals surface area (Å²) in [5, 5.41) is 29.2. The van der Waals surface area contributed by atoms with Gasteiger partial charge in [0.2, 0.25) is 5.78 Å². The van der Waals surface area contributed by atoms with Crippen LogP contribution in [0, 0.1) is 30.1 Å². The van der Waals surface area contributed by atoms with Crippen LogP contribution in [-0.4, -0.2) is 22.2 Å². The van der Waals surface area contributed by atoms with E-state index in [1.165, 1.54) is 6.42 Å². The van der Waals surface area contributed by atoms with Gasteiger partial charge < -0.3 is 21.1 Å². The Morgan fingerprint density at radius 2 is 1.43 bits per heavy atom. The van der Waals surface area contributed by atoms with E-state index < -0.39 is 11.3 Å². The number of carbonyl (C=O) groups is 1. The molecule has 2 heterocycles. The van der Waals surface area contributed by atoms with Crippen LogP contribution in [0.25, 0.3) is 32.7 Å². The van der Waals surface area contributed by atoms with Crippen LogP contribution in [0.3, 0.4) is 0 Å². The number of benzene rings is 4. The molecular formula is C40H41N4O2+. The van der Waals surface area contributed by atoms with Crippen molar-refractivity contribution in [2.45, 2.75) is 71.1 Å². The number of aliphatic hydroxyl groups excluding tert-OH is 1. The highest BCUT2D eigenvalue weighted by Gasteiger charge is 2.50. The molecule has 4 aromatic rings. The second-order valence-corrected chi connectivity index (χ2v) is 15.2. The summed E-state index contributed by atoms with van der Waals surface area (Å²) < 4.78 is 0. The van der Waals surface area contributed by atoms with E-state index in [4.69, 9.17) is 4.99 Å². The second kappa shape index (κ2) is 9.54. The van der Waals surface area contributed by atoms with Crippen LogP contribution in [0.5, 0.6) is 0 Å². The van der Waals surface area contributed by atoms with Gasteiger partial charge in [0.25, 0.3) is 5.66 Å². The number of allylic oxidation sites excluding steroid dienone is 2. The SMILES string of the molecule is CC1[CH+]C2(CC(C)C1)Nc1cccc3ccc(C4=C(O)C(=c5ccc6cccc7c6c5=NC5(CC(C)CC(C)C5)N7)C4=O)c(c13)N2. The van der Waals surface area contributed by atoms with Gasteiger partial charge >= 0.3 is 0 Å². The minimum absolute atomic E-state index is 0.0584. The number of ketones is 1. The van der Waals surface area contributed by atoms with Crippen molar-refractivity contribution in [2.75, 3.05) is 16.0 Å². The van der Waals surface area contributed by atoms with Crippen molar-refractivity contribution in [3.8, 4) is 0 Å². The van der Waals surface area contributed by atoms with Crippen molar-refractivity contribution in [1.29, 1.82) is 0 Å². The highest BCUT2D eigenvalue weighted by Crippen LogP contribution is 2.50. The zero-order valence-electron chi connectivity index (χ0n) is 27.0. The molecule has 0 amide bonds. The number of nitrogens with one attached hydrogen (secondary N) is 3. The number of anilines is 3. The zero-order valence-corrected chi connectivity index (χ0v) is 27.0. The first-order valence-corrected chi connectivity index (χ1v) is 17.0. The summed E-state index contributed by atoms with van der Waals surface area (Å²) in [4.78, 5) is 19.8. The predicted molar refractivity (Wildman–Crippen MR) is 187 cm³/mol. The molecule has 0 aromatic heterocycles. The van der Waals surface area contributed by atoms with Gasteiger partial charge in [-0.3, -0.25) is 9.79 Å². The van der Waals surface area contributed by atoms with E-state index in [0.717, 1.165) is 80.4 Å². The smallest absolute Gasteiger partial charge is 0.253 e. The standard InChI is InChI=1S/C40H40N4O2/c1-21-15-22(2)18-39(17-21)41-29-9-5-7-25-11-13-27(35(43-39)31(25)29)33-37(45)34(38(33)46)28-14-12-26-8-6-10-30-32(26)36(28)44-40(42-30)19-23(3)16-24(4)20-40/h5-14,17,21-24H,15-16,18-20H2,1-4H3,(H3-,41,42,43,44,45,46)/p+1. The fraction of sp³-hybridized carbons (Fsp3) is 0.375. The lowest BCUT2D eigenvalue weighted by Crippen LogP contribution is -2.53. The molecule has 5 atom stereocenters. The van der Waals surface area contributed by atoms with Gasteiger partial charge in [0.1, 0.15) is 17.8 Å². The molecule has 3 aliphatic carbocycles. The maximum absolute atomic E-state index is 14.4. The van der Waals surface area contributed by atoms with Gasteiger partial charge in [0, 0.05) is 39.4 Å². The van der Waals surface area contributed by atoms with Gasteiger partial charge in [0.05, 0.1) is 28.1 Å². The summed E-state index contributed by atoms with van der Waals surface area (Å²) >= 11 is 0. The maximum atomic E-state index is 14.4. The summed E-state index contributed by atoms with van der Waals surface area (Å²) in [7, 11) is 0. The molecule has 6 heteroatoms. The molecule has 2 aliphatic heterocycles. The minimum Gasteiger partial charge on any atom is -0.506 e. The number of hydrogen-bond donors (Lipinski definition) is 4. The molecule has 5 unspecified atom stereocenters. The first kappa shape index (κ1) is 27.8. The molecule has 4 aromatic carbocycles. The van der Waals surface area contributed by atoms with Gasteiger partial charge in [-0.1, -0.05) is 69.3 Å². The lowest BCUT2D eigenvalue weighted by Gasteiger charge is -2.43. The van der Waals surface area contributed by atoms with Gasteiger partial charge in [-0.25, -0.2) is 0 Å². The second-order valence-electron chi connectivity index (χ2n) is 15.2. The average molecular weight is 610 g/mol. The van der Waals surface area contributed by atoms with Crippen LogP contribution in [0.1, 0.15) is 65.4 Å². The van der Waals surface area contributed by atoms with Crippen LogP contribution >= 0.6 is 0 Å². The van der Waals surface area contributed by atoms with Crippen LogP contribution in [0.2, 0.25) is 0 Å². The van der Waals surface area contributed by atoms with Crippen molar-refractivity contribution in [2.24, 2.45) is 28.7 Å². The largest absolute Gasteiger partial charge is 0.506 e. The van der Waals surface area contributed by atoms with E-state index >= 15 is 0 Å². The molecule has 0 radical (unpaired) electrons. The van der Waals surface area contributed by atoms with Gasteiger partial charge in [0.15, 0.2) is 0 Å². The number of aliphatic hydroxyl groups is 1. The van der Waals surface area contributed by atoms with Crippen LogP contribution < -0.4 is 26.5 Å². The fourth-order valence-electron chi connectivity index (χ4n) is 9.85. The van der Waals surface area contributed by atoms with Crippen molar-refractivity contribution in [3.63, 3.8) is 0 Å². The highest BCUT2D eigenvalue weighted by atomic mass is 16.3. The van der Waals surface area contributed by atoms with Crippen molar-refractivity contribution in [1.82, 2.24) is 0 Å². The van der Waals surface area contributed by atoms with Gasteiger partial charge in [-0.15, -0.1) is 0 Å². The molecule has 0 bridgehead atoms. The zero-order chi connectivity index (χ0) is 31.5. The Balaban J connectivity index is 1.25. The van der Waals surface area contributed by atoms with E-state index in [9.17, 15) is 9.90 Å². The van der Waals surface area contributed by atoms with Crippen molar-refractivity contribution >= 4 is 55.5 Å². The summed E-state index contributed by atoms with van der Waals surface area (Å²) in [6, 6.07) is 20.7. The lowest BCUT2D eigenvalue weighted by atomic mass is 9.74. The summed E-state index contributed by atoms with van der Waals surface area (Å²) in [6.07, 6.45) is 7.55. The number of Topliss-reactive ketones (excluding diaryl/α,β-unsaturated/α-hetero) is 1. The topological polar surface area (TPSA) is 85.8 Å². The molecule has 2 saturated carbocycles. The number of rotatable bonds is 1. The Hall–Kier alpha value is -4.45. The number of nitrogens with zero attached hydrogens (tertiary/aromatic N) is 1. The summed E-state index contributed by atoms with van der Waals surface area (Å²) in [5.74, 6) is 1.99. The lowest BCUT2D eigenvalue weighted by molar-refractivity contribution is -0.109. The summed E-state index contributed by atoms with van der Waals surface area (Å²) in [5.41, 5.74) is 3.70. The quantitative estimate of drug-likeness (QED) is 0.166. The van der Waals surface area contributed by atoms with Crippen LogP contribution in [0.15, 0.2) is 71.4 Å². The highest BCUT2D eigenvalue weighted by molar-refractivity contribution is 6.52. The summed E-state index contributed by atoms with van der Waals surface area (Å²) in [6.45, 7) is 9.20. The third-order valence-corrected chi connectivity index (χ3v) is 11.1. The Morgan fingerprint density at radius 1 is 0.761 bits per heavy atom. The molecule has 9 rings (SSSR count). The molecule has 232 valence electrons. The predicted octanol–water partition coefficient (Wildman–Crippen LogP) is 7.70. The third-order valence-electron chi connectivity index (χ3n) is 11.1. The van der Waals surface area contributed by atoms with E-state index in [1.54, 1.807) is 0 Å². The molecule has 46 heavy (non-hydrogen) atoms. The Bertz CT molecular complexity index is 2140. The Labute approximate surface area is 269 Å². The average Bonchev–Trinajstić information content (AvgIpc) is 2.98. The van der Waals surface area contributed by atoms with E-state index in [2.05, 4.69) is 98.6 Å². The fourth-order valence-corrected chi connectivity index (χ4v) is 9.85. The molecule has 5 aliphatic rings. The number of hydrogen-bond acceptors (Lipinski definition) is 6. The van der Waals surface area contributed by atoms with E-state index in [0.29, 0.717) is 34.8 Å².